The molecule has 2 aromatic rings. The van der Waals surface area contributed by atoms with Crippen molar-refractivity contribution in [3.05, 3.63) is 65.2 Å². The lowest BCUT2D eigenvalue weighted by atomic mass is 10.0. The van der Waals surface area contributed by atoms with Gasteiger partial charge in [0, 0.05) is 12.1 Å². The molecule has 4 rings (SSSR count). The molecule has 2 aliphatic rings. The highest BCUT2D eigenvalue weighted by Crippen LogP contribution is 2.29. The number of carbonyl (C=O) groups excluding carboxylic acids is 2. The topological polar surface area (TPSA) is 73.8 Å². The molecule has 0 spiro atoms. The van der Waals surface area contributed by atoms with Crippen molar-refractivity contribution < 1.29 is 9.59 Å². The van der Waals surface area contributed by atoms with Gasteiger partial charge in [-0.2, -0.15) is 0 Å². The van der Waals surface area contributed by atoms with Crippen LogP contribution in [0.3, 0.4) is 0 Å². The van der Waals surface area contributed by atoms with Gasteiger partial charge < -0.3 is 0 Å². The number of carbonyl (C=O) groups is 2. The van der Waals surface area contributed by atoms with Gasteiger partial charge in [0.1, 0.15) is 6.17 Å². The number of aliphatic imine (C=N–C) groups is 1. The molecule has 27 heavy (non-hydrogen) atoms. The summed E-state index contributed by atoms with van der Waals surface area (Å²) < 4.78 is 0. The molecule has 2 N–H and O–H groups in total. The molecule has 2 atom stereocenters. The van der Waals surface area contributed by atoms with Crippen LogP contribution in [0, 0.1) is 5.92 Å². The van der Waals surface area contributed by atoms with Crippen molar-refractivity contribution in [1.82, 2.24) is 10.9 Å². The number of amides is 1. The van der Waals surface area contributed by atoms with Crippen LogP contribution in [-0.2, 0) is 4.79 Å². The van der Waals surface area contributed by atoms with Gasteiger partial charge in [-0.1, -0.05) is 53.7 Å². The van der Waals surface area contributed by atoms with Crippen molar-refractivity contribution in [1.29, 1.82) is 0 Å². The number of nitrogens with one attached hydrogen (secondary N) is 2. The molecule has 138 valence electrons. The van der Waals surface area contributed by atoms with Gasteiger partial charge in [-0.3, -0.25) is 19.9 Å². The zero-order valence-electron chi connectivity index (χ0n) is 14.3. The first-order chi connectivity index (χ1) is 13.1. The smallest absolute Gasteiger partial charge is 0.241 e. The van der Waals surface area contributed by atoms with E-state index in [2.05, 4.69) is 15.8 Å². The maximum atomic E-state index is 13.0. The minimum absolute atomic E-state index is 0.0357. The number of benzene rings is 2. The van der Waals surface area contributed by atoms with Crippen LogP contribution >= 0.6 is 23.4 Å². The molecule has 0 saturated carbocycles. The normalized spacial score (nSPS) is 21.7. The van der Waals surface area contributed by atoms with Gasteiger partial charge in [0.15, 0.2) is 11.0 Å². The molecule has 1 fully saturated rings. The molecule has 2 unspecified atom stereocenters. The van der Waals surface area contributed by atoms with E-state index in [1.807, 2.05) is 30.3 Å². The van der Waals surface area contributed by atoms with E-state index in [-0.39, 0.29) is 29.5 Å². The van der Waals surface area contributed by atoms with E-state index in [9.17, 15) is 9.59 Å². The molecule has 6 nitrogen and oxygen atoms in total. The summed E-state index contributed by atoms with van der Waals surface area (Å²) in [7, 11) is 0. The summed E-state index contributed by atoms with van der Waals surface area (Å²) in [6.07, 6.45) is -0.324. The molecule has 8 heteroatoms. The number of ketones is 1. The number of Topliss-reactive ketones (excluding diaryl/α,β-unsaturated/α-hetero) is 1. The highest BCUT2D eigenvalue weighted by atomic mass is 35.5. The van der Waals surface area contributed by atoms with E-state index in [1.165, 1.54) is 11.8 Å². The molecule has 2 aromatic carbocycles. The Hall–Kier alpha value is -2.19. The Morgan fingerprint density at radius 2 is 1.93 bits per heavy atom. The predicted octanol–water partition coefficient (Wildman–Crippen LogP) is 2.71. The number of hydrazine groups is 1. The lowest BCUT2D eigenvalue weighted by Gasteiger charge is -2.32. The average molecular weight is 401 g/mol. The fourth-order valence-corrected chi connectivity index (χ4v) is 4.25. The first-order valence-electron chi connectivity index (χ1n) is 8.51. The maximum absolute atomic E-state index is 13.0. The SMILES string of the molecule is O=C(CSC1=NC2NNCC2C(=O)N1c1ccccc1)c1ccccc1Cl. The number of hydrogen-bond donors (Lipinski definition) is 2. The van der Waals surface area contributed by atoms with Gasteiger partial charge >= 0.3 is 0 Å². The molecule has 2 heterocycles. The Labute approximate surface area is 166 Å². The van der Waals surface area contributed by atoms with Gasteiger partial charge in [0.25, 0.3) is 0 Å². The Kier molecular flexibility index (Phi) is 5.27. The highest BCUT2D eigenvalue weighted by molar-refractivity contribution is 8.14. The van der Waals surface area contributed by atoms with Gasteiger partial charge in [-0.25, -0.2) is 10.4 Å². The summed E-state index contributed by atoms with van der Waals surface area (Å²) in [6.45, 7) is 0.521. The van der Waals surface area contributed by atoms with E-state index in [1.54, 1.807) is 29.2 Å². The minimum atomic E-state index is -0.324. The largest absolute Gasteiger partial charge is 0.293 e. The molecule has 2 aliphatic heterocycles. The minimum Gasteiger partial charge on any atom is -0.293 e. The maximum Gasteiger partial charge on any atom is 0.241 e. The van der Waals surface area contributed by atoms with E-state index >= 15 is 0 Å². The Morgan fingerprint density at radius 1 is 1.19 bits per heavy atom. The summed E-state index contributed by atoms with van der Waals surface area (Å²) in [6, 6.07) is 16.3. The molecular weight excluding hydrogens is 384 g/mol. The van der Waals surface area contributed by atoms with E-state index < -0.39 is 0 Å². The number of hydrogen-bond acceptors (Lipinski definition) is 6. The number of anilines is 1. The van der Waals surface area contributed by atoms with Crippen molar-refractivity contribution in [3.63, 3.8) is 0 Å². The predicted molar refractivity (Wildman–Crippen MR) is 108 cm³/mol. The number of halogens is 1. The number of rotatable bonds is 4. The number of thioether (sulfide) groups is 1. The lowest BCUT2D eigenvalue weighted by Crippen LogP contribution is -2.49. The van der Waals surface area contributed by atoms with Crippen molar-refractivity contribution >= 4 is 45.9 Å². The van der Waals surface area contributed by atoms with Crippen LogP contribution in [0.4, 0.5) is 5.69 Å². The zero-order chi connectivity index (χ0) is 18.8. The standard InChI is InChI=1S/C19H17ClN4O2S/c20-15-9-5-4-8-13(15)16(25)11-27-19-22-17-14(10-21-23-17)18(26)24(19)12-6-2-1-3-7-12/h1-9,14,17,21,23H,10-11H2. The molecule has 0 aliphatic carbocycles. The van der Waals surface area contributed by atoms with E-state index in [4.69, 9.17) is 11.6 Å². The summed E-state index contributed by atoms with van der Waals surface area (Å²) in [5, 5.41) is 0.926. The number of amidine groups is 1. The molecule has 1 amide bonds. The van der Waals surface area contributed by atoms with Crippen LogP contribution in [0.15, 0.2) is 59.6 Å². The lowest BCUT2D eigenvalue weighted by molar-refractivity contribution is -0.121. The summed E-state index contributed by atoms with van der Waals surface area (Å²) >= 11 is 7.36. The molecule has 1 saturated heterocycles. The second-order valence-corrected chi connectivity index (χ2v) is 7.54. The van der Waals surface area contributed by atoms with Crippen molar-refractivity contribution in [2.24, 2.45) is 10.9 Å². The number of nitrogens with zero attached hydrogens (tertiary/aromatic N) is 2. The Bertz CT molecular complexity index is 906. The first-order valence-corrected chi connectivity index (χ1v) is 9.87. The molecule has 0 bridgehead atoms. The number of para-hydroxylation sites is 1. The summed E-state index contributed by atoms with van der Waals surface area (Å²) in [4.78, 5) is 31.9. The second-order valence-electron chi connectivity index (χ2n) is 6.19. The quantitative estimate of drug-likeness (QED) is 0.772. The van der Waals surface area contributed by atoms with Crippen LogP contribution in [0.2, 0.25) is 5.02 Å². The molecule has 0 radical (unpaired) electrons. The highest BCUT2D eigenvalue weighted by Gasteiger charge is 2.42. The third-order valence-electron chi connectivity index (χ3n) is 4.45. The van der Waals surface area contributed by atoms with Gasteiger partial charge in [0.2, 0.25) is 5.91 Å². The summed E-state index contributed by atoms with van der Waals surface area (Å²) in [5.41, 5.74) is 7.21. The van der Waals surface area contributed by atoms with Crippen molar-refractivity contribution in [2.45, 2.75) is 6.17 Å². The van der Waals surface area contributed by atoms with Gasteiger partial charge in [0.05, 0.1) is 22.4 Å². The van der Waals surface area contributed by atoms with Crippen molar-refractivity contribution in [2.75, 3.05) is 17.2 Å². The van der Waals surface area contributed by atoms with E-state index in [0.29, 0.717) is 22.3 Å². The van der Waals surface area contributed by atoms with Gasteiger partial charge in [-0.05, 0) is 24.3 Å². The third-order valence-corrected chi connectivity index (χ3v) is 5.73. The molecular formula is C19H17ClN4O2S. The fraction of sp³-hybridized carbons (Fsp3) is 0.211. The van der Waals surface area contributed by atoms with Crippen LogP contribution < -0.4 is 15.8 Å². The number of fused-ring (bicyclic) bond motifs is 1. The second kappa shape index (κ2) is 7.82. The van der Waals surface area contributed by atoms with Crippen LogP contribution in [-0.4, -0.2) is 35.3 Å². The third kappa shape index (κ3) is 3.64. The van der Waals surface area contributed by atoms with Crippen LogP contribution in [0.1, 0.15) is 10.4 Å². The molecule has 0 aromatic heterocycles. The average Bonchev–Trinajstić information content (AvgIpc) is 3.16. The van der Waals surface area contributed by atoms with Gasteiger partial charge in [-0.15, -0.1) is 0 Å². The summed E-state index contributed by atoms with van der Waals surface area (Å²) in [5.74, 6) is -0.266. The fourth-order valence-electron chi connectivity index (χ4n) is 3.08. The van der Waals surface area contributed by atoms with Crippen LogP contribution in [0.25, 0.3) is 0 Å². The van der Waals surface area contributed by atoms with Crippen LogP contribution in [0.5, 0.6) is 0 Å². The van der Waals surface area contributed by atoms with Crippen molar-refractivity contribution in [3.8, 4) is 0 Å². The Morgan fingerprint density at radius 3 is 2.70 bits per heavy atom. The Balaban J connectivity index is 1.59. The first kappa shape index (κ1) is 18.2. The van der Waals surface area contributed by atoms with E-state index in [0.717, 1.165) is 5.69 Å². The zero-order valence-corrected chi connectivity index (χ0v) is 15.8. The monoisotopic (exact) mass is 400 g/mol.